The van der Waals surface area contributed by atoms with Gasteiger partial charge in [-0.3, -0.25) is 4.57 Å². The Kier molecular flexibility index (Phi) is 3.34. The van der Waals surface area contributed by atoms with Crippen molar-refractivity contribution in [3.05, 3.63) is 33.4 Å². The minimum atomic E-state index is -4.14. The Morgan fingerprint density at radius 2 is 2.00 bits per heavy atom. The molecular formula is C11H8ClFN4O3S2. The van der Waals surface area contributed by atoms with Crippen molar-refractivity contribution < 1.29 is 12.8 Å². The van der Waals surface area contributed by atoms with E-state index >= 15 is 0 Å². The molecule has 0 aliphatic heterocycles. The van der Waals surface area contributed by atoms with Crippen LogP contribution in [0.2, 0.25) is 0 Å². The van der Waals surface area contributed by atoms with Gasteiger partial charge in [0.05, 0.1) is 10.4 Å². The van der Waals surface area contributed by atoms with Crippen LogP contribution in [0.3, 0.4) is 0 Å². The molecule has 22 heavy (non-hydrogen) atoms. The highest BCUT2D eigenvalue weighted by molar-refractivity contribution is 8.13. The van der Waals surface area contributed by atoms with E-state index in [9.17, 15) is 17.6 Å². The van der Waals surface area contributed by atoms with Gasteiger partial charge in [-0.2, -0.15) is 0 Å². The number of nitrogens with zero attached hydrogens (tertiary/aromatic N) is 4. The van der Waals surface area contributed by atoms with Crippen LogP contribution >= 0.6 is 22.0 Å². The van der Waals surface area contributed by atoms with E-state index in [1.165, 1.54) is 7.05 Å². The van der Waals surface area contributed by atoms with E-state index in [4.69, 9.17) is 10.7 Å². The lowest BCUT2D eigenvalue weighted by atomic mass is 10.3. The van der Waals surface area contributed by atoms with Gasteiger partial charge < -0.3 is 0 Å². The predicted molar refractivity (Wildman–Crippen MR) is 79.7 cm³/mol. The lowest BCUT2D eigenvalue weighted by Gasteiger charge is -2.01. The van der Waals surface area contributed by atoms with Crippen molar-refractivity contribution >= 4 is 42.1 Å². The van der Waals surface area contributed by atoms with Gasteiger partial charge in [0.15, 0.2) is 0 Å². The van der Waals surface area contributed by atoms with Crippen LogP contribution in [0.25, 0.3) is 16.2 Å². The van der Waals surface area contributed by atoms with Crippen molar-refractivity contribution in [2.45, 2.75) is 11.8 Å². The third-order valence-corrected chi connectivity index (χ3v) is 5.22. The zero-order valence-corrected chi connectivity index (χ0v) is 13.6. The Balaban J connectivity index is 2.50. The first kappa shape index (κ1) is 15.1. The SMILES string of the molecule is Cc1nnc(-n2c(=O)n(C)c3c(F)cc(S(=O)(=O)Cl)cc32)s1. The number of benzene rings is 1. The molecule has 7 nitrogen and oxygen atoms in total. The molecule has 2 aromatic heterocycles. The summed E-state index contributed by atoms with van der Waals surface area (Å²) in [5.74, 6) is -0.865. The van der Waals surface area contributed by atoms with Crippen LogP contribution in [-0.4, -0.2) is 27.7 Å². The average molecular weight is 363 g/mol. The molecule has 0 spiro atoms. The molecular weight excluding hydrogens is 355 g/mol. The Morgan fingerprint density at radius 3 is 2.55 bits per heavy atom. The molecule has 0 radical (unpaired) electrons. The van der Waals surface area contributed by atoms with Crippen LogP contribution < -0.4 is 5.69 Å². The van der Waals surface area contributed by atoms with Crippen LogP contribution in [0.15, 0.2) is 21.8 Å². The number of fused-ring (bicyclic) bond motifs is 1. The molecule has 0 aliphatic carbocycles. The third-order valence-electron chi connectivity index (χ3n) is 3.06. The number of hydrogen-bond acceptors (Lipinski definition) is 6. The van der Waals surface area contributed by atoms with Gasteiger partial charge in [-0.1, -0.05) is 11.3 Å². The van der Waals surface area contributed by atoms with Crippen molar-refractivity contribution in [2.24, 2.45) is 7.05 Å². The molecule has 0 bridgehead atoms. The number of aryl methyl sites for hydroxylation is 2. The van der Waals surface area contributed by atoms with Crippen LogP contribution in [0.5, 0.6) is 0 Å². The van der Waals surface area contributed by atoms with Crippen molar-refractivity contribution in [3.63, 3.8) is 0 Å². The van der Waals surface area contributed by atoms with Gasteiger partial charge in [0.25, 0.3) is 9.05 Å². The van der Waals surface area contributed by atoms with E-state index < -0.39 is 25.5 Å². The molecule has 0 unspecified atom stereocenters. The van der Waals surface area contributed by atoms with Crippen LogP contribution in [0, 0.1) is 12.7 Å². The number of halogens is 2. The quantitative estimate of drug-likeness (QED) is 0.645. The number of imidazole rings is 1. The fraction of sp³-hybridized carbons (Fsp3) is 0.182. The maximum atomic E-state index is 14.2. The highest BCUT2D eigenvalue weighted by atomic mass is 35.7. The molecule has 0 saturated heterocycles. The zero-order valence-electron chi connectivity index (χ0n) is 11.2. The standard InChI is InChI=1S/C11H8ClFN4O3S2/c1-5-14-15-10(21-5)17-8-4-6(22(12,19)20)3-7(13)9(8)16(2)11(17)18/h3-4H,1-2H3. The van der Waals surface area contributed by atoms with E-state index in [1.807, 2.05) is 0 Å². The molecule has 0 saturated carbocycles. The second-order valence-corrected chi connectivity index (χ2v) is 8.22. The Bertz CT molecular complexity index is 1070. The van der Waals surface area contributed by atoms with E-state index in [0.29, 0.717) is 5.01 Å². The summed E-state index contributed by atoms with van der Waals surface area (Å²) < 4.78 is 39.3. The maximum absolute atomic E-state index is 14.2. The Labute approximate surface area is 132 Å². The molecule has 0 fully saturated rings. The summed E-state index contributed by atoms with van der Waals surface area (Å²) >= 11 is 1.12. The van der Waals surface area contributed by atoms with Crippen molar-refractivity contribution in [3.8, 4) is 5.13 Å². The first-order valence-electron chi connectivity index (χ1n) is 5.86. The summed E-state index contributed by atoms with van der Waals surface area (Å²) in [6, 6.07) is 1.92. The molecule has 116 valence electrons. The van der Waals surface area contributed by atoms with Gasteiger partial charge >= 0.3 is 5.69 Å². The summed E-state index contributed by atoms with van der Waals surface area (Å²) in [4.78, 5) is 11.9. The maximum Gasteiger partial charge on any atom is 0.335 e. The summed E-state index contributed by atoms with van der Waals surface area (Å²) in [5, 5.41) is 8.48. The van der Waals surface area contributed by atoms with E-state index in [-0.39, 0.29) is 16.2 Å². The average Bonchev–Trinajstić information content (AvgIpc) is 2.92. The molecule has 2 heterocycles. The van der Waals surface area contributed by atoms with Gasteiger partial charge in [0, 0.05) is 17.7 Å². The molecule has 0 aliphatic rings. The van der Waals surface area contributed by atoms with Gasteiger partial charge in [-0.15, -0.1) is 10.2 Å². The molecule has 0 amide bonds. The molecule has 3 aromatic rings. The number of aromatic nitrogens is 4. The Hall–Kier alpha value is -1.78. The third kappa shape index (κ3) is 2.23. The molecule has 0 atom stereocenters. The summed E-state index contributed by atoms with van der Waals surface area (Å²) in [6.07, 6.45) is 0. The van der Waals surface area contributed by atoms with E-state index in [0.717, 1.165) is 32.6 Å². The zero-order chi connectivity index (χ0) is 16.2. The predicted octanol–water partition coefficient (Wildman–Crippen LogP) is 1.56. The number of rotatable bonds is 2. The number of hydrogen-bond donors (Lipinski definition) is 0. The van der Waals surface area contributed by atoms with Crippen molar-refractivity contribution in [2.75, 3.05) is 0 Å². The first-order chi connectivity index (χ1) is 10.2. The van der Waals surface area contributed by atoms with Crippen molar-refractivity contribution in [1.82, 2.24) is 19.3 Å². The summed E-state index contributed by atoms with van der Waals surface area (Å²) in [6.45, 7) is 1.70. The molecule has 11 heteroatoms. The largest absolute Gasteiger partial charge is 0.335 e. The van der Waals surface area contributed by atoms with Gasteiger partial charge in [0.1, 0.15) is 16.3 Å². The van der Waals surface area contributed by atoms with Crippen LogP contribution in [-0.2, 0) is 16.1 Å². The molecule has 3 rings (SSSR count). The van der Waals surface area contributed by atoms with E-state index in [1.54, 1.807) is 6.92 Å². The lowest BCUT2D eigenvalue weighted by molar-refractivity contribution is 0.603. The van der Waals surface area contributed by atoms with Crippen LogP contribution in [0.4, 0.5) is 4.39 Å². The fourth-order valence-corrected chi connectivity index (χ4v) is 3.57. The highest BCUT2D eigenvalue weighted by Crippen LogP contribution is 2.26. The topological polar surface area (TPSA) is 86.8 Å². The second-order valence-electron chi connectivity index (χ2n) is 4.49. The Morgan fingerprint density at radius 1 is 1.32 bits per heavy atom. The van der Waals surface area contributed by atoms with Gasteiger partial charge in [-0.05, 0) is 19.1 Å². The first-order valence-corrected chi connectivity index (χ1v) is 8.99. The normalized spacial score (nSPS) is 12.2. The summed E-state index contributed by atoms with van der Waals surface area (Å²) in [7, 11) is 2.51. The van der Waals surface area contributed by atoms with Crippen molar-refractivity contribution in [1.29, 1.82) is 0 Å². The van der Waals surface area contributed by atoms with E-state index in [2.05, 4.69) is 10.2 Å². The fourth-order valence-electron chi connectivity index (χ4n) is 2.11. The van der Waals surface area contributed by atoms with Gasteiger partial charge in [0.2, 0.25) is 5.13 Å². The smallest absolute Gasteiger partial charge is 0.292 e. The summed E-state index contributed by atoms with van der Waals surface area (Å²) in [5.41, 5.74) is -0.543. The van der Waals surface area contributed by atoms with Gasteiger partial charge in [-0.25, -0.2) is 22.2 Å². The lowest BCUT2D eigenvalue weighted by Crippen LogP contribution is -2.20. The monoisotopic (exact) mass is 362 g/mol. The second kappa shape index (κ2) is 4.86. The minimum absolute atomic E-state index is 0.0399. The molecule has 0 N–H and O–H groups in total. The molecule has 1 aromatic carbocycles. The highest BCUT2D eigenvalue weighted by Gasteiger charge is 2.22. The minimum Gasteiger partial charge on any atom is -0.292 e. The van der Waals surface area contributed by atoms with Crippen LogP contribution in [0.1, 0.15) is 5.01 Å².